The van der Waals surface area contributed by atoms with E-state index in [0.717, 1.165) is 25.2 Å². The van der Waals surface area contributed by atoms with E-state index >= 15 is 0 Å². The standard InChI is InChI=1S/C17H26N4O3/c1-17(2,19-16(22)23)7-14-11-4-5-12(14)10-21(9-11)13-6-15(24-3)20-18-8-13/h6,8,11-12,14,19H,4-5,7,9-10H2,1-3H3,(H,22,23)/t11-,12+,14?. The Bertz CT molecular complexity index is 593. The van der Waals surface area contributed by atoms with E-state index in [1.54, 1.807) is 13.3 Å². The Balaban J connectivity index is 1.69. The van der Waals surface area contributed by atoms with Crippen LogP contribution in [0.5, 0.6) is 5.88 Å². The lowest BCUT2D eigenvalue weighted by Crippen LogP contribution is -2.49. The van der Waals surface area contributed by atoms with E-state index in [1.807, 2.05) is 19.9 Å². The molecule has 24 heavy (non-hydrogen) atoms. The minimum absolute atomic E-state index is 0.388. The summed E-state index contributed by atoms with van der Waals surface area (Å²) in [7, 11) is 1.60. The third-order valence-corrected chi connectivity index (χ3v) is 5.41. The highest BCUT2D eigenvalue weighted by Crippen LogP contribution is 2.46. The highest BCUT2D eigenvalue weighted by molar-refractivity contribution is 5.65. The van der Waals surface area contributed by atoms with E-state index < -0.39 is 6.09 Å². The number of anilines is 1. The van der Waals surface area contributed by atoms with Crippen LogP contribution in [0.25, 0.3) is 0 Å². The average Bonchev–Trinajstić information content (AvgIpc) is 2.74. The van der Waals surface area contributed by atoms with Gasteiger partial charge in [-0.3, -0.25) is 0 Å². The van der Waals surface area contributed by atoms with Crippen molar-refractivity contribution in [3.05, 3.63) is 12.3 Å². The molecule has 132 valence electrons. The van der Waals surface area contributed by atoms with Crippen molar-refractivity contribution >= 4 is 11.8 Å². The van der Waals surface area contributed by atoms with Gasteiger partial charge in [-0.15, -0.1) is 5.10 Å². The van der Waals surface area contributed by atoms with Gasteiger partial charge in [0.2, 0.25) is 5.88 Å². The second kappa shape index (κ2) is 6.45. The van der Waals surface area contributed by atoms with Gasteiger partial charge in [-0.25, -0.2) is 4.79 Å². The minimum Gasteiger partial charge on any atom is -0.480 e. The summed E-state index contributed by atoms with van der Waals surface area (Å²) in [5, 5.41) is 19.6. The number of methoxy groups -OCH3 is 1. The molecule has 0 aromatic carbocycles. The van der Waals surface area contributed by atoms with Gasteiger partial charge in [-0.1, -0.05) is 0 Å². The fourth-order valence-electron chi connectivity index (χ4n) is 4.42. The van der Waals surface area contributed by atoms with Gasteiger partial charge in [0.15, 0.2) is 0 Å². The highest BCUT2D eigenvalue weighted by atomic mass is 16.5. The number of nitrogens with one attached hydrogen (secondary N) is 1. The largest absolute Gasteiger partial charge is 0.480 e. The number of piperidine rings is 1. The number of ether oxygens (including phenoxy) is 1. The maximum Gasteiger partial charge on any atom is 0.405 e. The number of aromatic nitrogens is 2. The van der Waals surface area contributed by atoms with Crippen molar-refractivity contribution in [3.63, 3.8) is 0 Å². The molecular formula is C17H26N4O3. The van der Waals surface area contributed by atoms with Crippen LogP contribution in [0.2, 0.25) is 0 Å². The van der Waals surface area contributed by atoms with E-state index in [0.29, 0.717) is 23.6 Å². The van der Waals surface area contributed by atoms with Gasteiger partial charge in [0.1, 0.15) is 0 Å². The molecule has 7 nitrogen and oxygen atoms in total. The topological polar surface area (TPSA) is 87.6 Å². The molecule has 2 aliphatic rings. The van der Waals surface area contributed by atoms with Crippen LogP contribution in [0.1, 0.15) is 33.1 Å². The monoisotopic (exact) mass is 334 g/mol. The molecule has 1 aromatic heterocycles. The molecule has 1 aromatic rings. The van der Waals surface area contributed by atoms with Gasteiger partial charge in [0.25, 0.3) is 0 Å². The molecule has 0 spiro atoms. The van der Waals surface area contributed by atoms with Crippen molar-refractivity contribution in [2.75, 3.05) is 25.1 Å². The number of amides is 1. The molecule has 3 atom stereocenters. The van der Waals surface area contributed by atoms with Crippen molar-refractivity contribution in [2.45, 2.75) is 38.6 Å². The second-order valence-electron chi connectivity index (χ2n) is 7.64. The highest BCUT2D eigenvalue weighted by Gasteiger charge is 2.44. The maximum absolute atomic E-state index is 11.0. The molecule has 7 heteroatoms. The molecule has 1 unspecified atom stereocenters. The maximum atomic E-state index is 11.0. The van der Waals surface area contributed by atoms with Gasteiger partial charge in [-0.05, 0) is 50.9 Å². The van der Waals surface area contributed by atoms with Crippen molar-refractivity contribution in [1.82, 2.24) is 15.5 Å². The number of carboxylic acid groups (broad SMARTS) is 1. The summed E-state index contributed by atoms with van der Waals surface area (Å²) < 4.78 is 5.17. The Morgan fingerprint density at radius 2 is 2.08 bits per heavy atom. The summed E-state index contributed by atoms with van der Waals surface area (Å²) in [6.07, 6.45) is 4.16. The quantitative estimate of drug-likeness (QED) is 0.859. The zero-order valence-corrected chi connectivity index (χ0v) is 14.5. The first-order valence-electron chi connectivity index (χ1n) is 8.51. The zero-order chi connectivity index (χ0) is 17.3. The lowest BCUT2D eigenvalue weighted by atomic mass is 9.77. The Morgan fingerprint density at radius 3 is 2.67 bits per heavy atom. The summed E-state index contributed by atoms with van der Waals surface area (Å²) in [4.78, 5) is 13.4. The second-order valence-corrected chi connectivity index (χ2v) is 7.64. The Kier molecular flexibility index (Phi) is 4.51. The Labute approximate surface area is 142 Å². The van der Waals surface area contributed by atoms with Crippen LogP contribution >= 0.6 is 0 Å². The lowest BCUT2D eigenvalue weighted by molar-refractivity contribution is 0.160. The first kappa shape index (κ1) is 16.8. The van der Waals surface area contributed by atoms with Crippen LogP contribution in [-0.2, 0) is 0 Å². The molecule has 1 saturated carbocycles. The van der Waals surface area contributed by atoms with Gasteiger partial charge in [-0.2, -0.15) is 5.10 Å². The third kappa shape index (κ3) is 3.55. The molecule has 2 bridgehead atoms. The number of hydrogen-bond acceptors (Lipinski definition) is 5. The molecule has 0 radical (unpaired) electrons. The van der Waals surface area contributed by atoms with E-state index in [4.69, 9.17) is 9.84 Å². The molecule has 2 N–H and O–H groups in total. The first-order chi connectivity index (χ1) is 11.4. The number of fused-ring (bicyclic) bond motifs is 2. The summed E-state index contributed by atoms with van der Waals surface area (Å²) in [6, 6.07) is 1.93. The van der Waals surface area contributed by atoms with Gasteiger partial charge < -0.3 is 20.1 Å². The number of hydrogen-bond donors (Lipinski definition) is 2. The molecule has 2 heterocycles. The normalized spacial score (nSPS) is 26.3. The fraction of sp³-hybridized carbons (Fsp3) is 0.706. The summed E-state index contributed by atoms with van der Waals surface area (Å²) in [6.45, 7) is 5.92. The number of nitrogens with zero attached hydrogens (tertiary/aromatic N) is 3. The molecule has 1 aliphatic heterocycles. The van der Waals surface area contributed by atoms with Gasteiger partial charge in [0.05, 0.1) is 19.0 Å². The van der Waals surface area contributed by atoms with Gasteiger partial charge >= 0.3 is 6.09 Å². The molecule has 1 saturated heterocycles. The Morgan fingerprint density at radius 1 is 1.42 bits per heavy atom. The van der Waals surface area contributed by atoms with Crippen LogP contribution in [0.4, 0.5) is 10.5 Å². The van der Waals surface area contributed by atoms with Crippen LogP contribution < -0.4 is 15.0 Å². The zero-order valence-electron chi connectivity index (χ0n) is 14.5. The van der Waals surface area contributed by atoms with Crippen molar-refractivity contribution in [3.8, 4) is 5.88 Å². The van der Waals surface area contributed by atoms with Crippen molar-refractivity contribution in [2.24, 2.45) is 17.8 Å². The van der Waals surface area contributed by atoms with Crippen LogP contribution in [-0.4, -0.2) is 47.1 Å². The van der Waals surface area contributed by atoms with E-state index in [1.165, 1.54) is 12.8 Å². The first-order valence-corrected chi connectivity index (χ1v) is 8.51. The number of carbonyl (C=O) groups is 1. The van der Waals surface area contributed by atoms with Crippen molar-refractivity contribution < 1.29 is 14.6 Å². The molecule has 2 fully saturated rings. The third-order valence-electron chi connectivity index (χ3n) is 5.41. The van der Waals surface area contributed by atoms with Gasteiger partial charge in [0, 0.05) is 24.7 Å². The smallest absolute Gasteiger partial charge is 0.405 e. The fourth-order valence-corrected chi connectivity index (χ4v) is 4.42. The van der Waals surface area contributed by atoms with Crippen LogP contribution in [0.15, 0.2) is 12.3 Å². The van der Waals surface area contributed by atoms with Crippen molar-refractivity contribution in [1.29, 1.82) is 0 Å². The predicted molar refractivity (Wildman–Crippen MR) is 90.4 cm³/mol. The molecule has 3 rings (SSSR count). The number of rotatable bonds is 5. The molecule has 1 aliphatic carbocycles. The van der Waals surface area contributed by atoms with E-state index in [-0.39, 0.29) is 5.54 Å². The van der Waals surface area contributed by atoms with E-state index in [2.05, 4.69) is 20.4 Å². The summed E-state index contributed by atoms with van der Waals surface area (Å²) in [5.74, 6) is 2.30. The molecule has 1 amide bonds. The summed E-state index contributed by atoms with van der Waals surface area (Å²) in [5.41, 5.74) is 0.668. The van der Waals surface area contributed by atoms with E-state index in [9.17, 15) is 4.79 Å². The van der Waals surface area contributed by atoms with Crippen LogP contribution in [0, 0.1) is 17.8 Å². The average molecular weight is 334 g/mol. The lowest BCUT2D eigenvalue weighted by Gasteiger charge is -2.42. The minimum atomic E-state index is -0.945. The summed E-state index contributed by atoms with van der Waals surface area (Å²) >= 11 is 0. The molecular weight excluding hydrogens is 308 g/mol. The van der Waals surface area contributed by atoms with Crippen LogP contribution in [0.3, 0.4) is 0 Å². The predicted octanol–water partition coefficient (Wildman–Crippen LogP) is 2.38. The SMILES string of the molecule is COc1cc(N2C[C@H]3CC[C@@H](C2)C3CC(C)(C)NC(=O)O)cnn1. The Hall–Kier alpha value is -2.05.